The van der Waals surface area contributed by atoms with E-state index in [0.29, 0.717) is 19.0 Å². The van der Waals surface area contributed by atoms with Gasteiger partial charge in [-0.25, -0.2) is 9.97 Å². The number of nitrogens with one attached hydrogen (secondary N) is 1. The van der Waals surface area contributed by atoms with Crippen LogP contribution in [0, 0.1) is 0 Å². The van der Waals surface area contributed by atoms with Crippen molar-refractivity contribution >= 4 is 33.1 Å². The second kappa shape index (κ2) is 8.27. The summed E-state index contributed by atoms with van der Waals surface area (Å²) in [5.74, 6) is 2.23. The third-order valence-corrected chi connectivity index (χ3v) is 5.15. The first-order valence-corrected chi connectivity index (χ1v) is 10.1. The van der Waals surface area contributed by atoms with E-state index in [-0.39, 0.29) is 0 Å². The molecule has 0 radical (unpaired) electrons. The molecule has 5 nitrogen and oxygen atoms in total. The molecule has 28 heavy (non-hydrogen) atoms. The molecule has 6 heteroatoms. The zero-order chi connectivity index (χ0) is 19.3. The lowest BCUT2D eigenvalue weighted by Crippen LogP contribution is -2.00. The van der Waals surface area contributed by atoms with Gasteiger partial charge in [0.15, 0.2) is 11.5 Å². The highest BCUT2D eigenvalue weighted by molar-refractivity contribution is 7.17. The molecule has 4 aromatic rings. The van der Waals surface area contributed by atoms with Crippen LogP contribution in [0.5, 0.6) is 11.5 Å². The van der Waals surface area contributed by atoms with Gasteiger partial charge in [-0.2, -0.15) is 0 Å². The fourth-order valence-corrected chi connectivity index (χ4v) is 3.98. The Hall–Kier alpha value is -3.12. The van der Waals surface area contributed by atoms with E-state index in [1.807, 2.05) is 50.2 Å². The van der Waals surface area contributed by atoms with E-state index in [4.69, 9.17) is 9.47 Å². The number of fused-ring (bicyclic) bond motifs is 1. The van der Waals surface area contributed by atoms with Crippen LogP contribution in [0.1, 0.15) is 13.8 Å². The van der Waals surface area contributed by atoms with Gasteiger partial charge in [-0.05, 0) is 31.5 Å². The Morgan fingerprint density at radius 2 is 1.71 bits per heavy atom. The summed E-state index contributed by atoms with van der Waals surface area (Å²) < 4.78 is 11.4. The van der Waals surface area contributed by atoms with Gasteiger partial charge in [0.1, 0.15) is 17.0 Å². The summed E-state index contributed by atoms with van der Waals surface area (Å²) >= 11 is 1.62. The molecule has 0 saturated heterocycles. The molecule has 142 valence electrons. The van der Waals surface area contributed by atoms with Gasteiger partial charge in [-0.1, -0.05) is 30.3 Å². The molecule has 0 aliphatic rings. The average Bonchev–Trinajstić information content (AvgIpc) is 3.16. The Labute approximate surface area is 168 Å². The smallest absolute Gasteiger partial charge is 0.163 e. The molecule has 2 aromatic carbocycles. The summed E-state index contributed by atoms with van der Waals surface area (Å²) in [5.41, 5.74) is 3.16. The van der Waals surface area contributed by atoms with Crippen LogP contribution in [0.3, 0.4) is 0 Å². The summed E-state index contributed by atoms with van der Waals surface area (Å²) in [7, 11) is 0. The van der Waals surface area contributed by atoms with Crippen LogP contribution < -0.4 is 14.8 Å². The lowest BCUT2D eigenvalue weighted by atomic mass is 10.1. The predicted molar refractivity (Wildman–Crippen MR) is 115 cm³/mol. The van der Waals surface area contributed by atoms with Gasteiger partial charge in [-0.3, -0.25) is 0 Å². The fourth-order valence-electron chi connectivity index (χ4n) is 3.07. The Morgan fingerprint density at radius 3 is 2.50 bits per heavy atom. The lowest BCUT2D eigenvalue weighted by Gasteiger charge is -2.14. The van der Waals surface area contributed by atoms with Crippen molar-refractivity contribution in [3.63, 3.8) is 0 Å². The molecule has 0 amide bonds. The summed E-state index contributed by atoms with van der Waals surface area (Å²) in [5, 5.41) is 6.58. The van der Waals surface area contributed by atoms with Crippen LogP contribution in [-0.2, 0) is 0 Å². The Bertz CT molecular complexity index is 1080. The van der Waals surface area contributed by atoms with Gasteiger partial charge < -0.3 is 14.8 Å². The third-order valence-electron chi connectivity index (χ3n) is 4.26. The Morgan fingerprint density at radius 1 is 0.929 bits per heavy atom. The standard InChI is InChI=1S/C22H21N3O2S/c1-3-26-18-11-10-16(12-19(18)27-4-2)25-21-20-17(15-8-6-5-7-9-15)13-28-22(20)24-14-23-21/h5-14H,3-4H2,1-2H3,(H,23,24,25). The van der Waals surface area contributed by atoms with E-state index in [0.717, 1.165) is 38.6 Å². The van der Waals surface area contributed by atoms with Crippen LogP contribution in [0.4, 0.5) is 11.5 Å². The van der Waals surface area contributed by atoms with Gasteiger partial charge in [0, 0.05) is 22.7 Å². The summed E-state index contributed by atoms with van der Waals surface area (Å²) in [6, 6.07) is 16.1. The minimum Gasteiger partial charge on any atom is -0.490 e. The van der Waals surface area contributed by atoms with E-state index in [2.05, 4.69) is 32.8 Å². The first-order chi connectivity index (χ1) is 13.8. The second-order valence-electron chi connectivity index (χ2n) is 6.07. The number of ether oxygens (including phenoxy) is 2. The first kappa shape index (κ1) is 18.3. The molecular formula is C22H21N3O2S. The highest BCUT2D eigenvalue weighted by Gasteiger charge is 2.14. The molecule has 2 aromatic heterocycles. The summed E-state index contributed by atoms with van der Waals surface area (Å²) in [6.45, 7) is 5.08. The van der Waals surface area contributed by atoms with Gasteiger partial charge in [0.05, 0.1) is 18.6 Å². The number of nitrogens with zero attached hydrogens (tertiary/aromatic N) is 2. The maximum Gasteiger partial charge on any atom is 0.163 e. The van der Waals surface area contributed by atoms with Crippen LogP contribution in [0.25, 0.3) is 21.3 Å². The van der Waals surface area contributed by atoms with Crippen LogP contribution in [-0.4, -0.2) is 23.2 Å². The zero-order valence-electron chi connectivity index (χ0n) is 15.8. The number of hydrogen-bond acceptors (Lipinski definition) is 6. The maximum absolute atomic E-state index is 5.74. The molecule has 0 aliphatic carbocycles. The number of hydrogen-bond donors (Lipinski definition) is 1. The molecule has 0 fully saturated rings. The number of benzene rings is 2. The minimum atomic E-state index is 0.573. The first-order valence-electron chi connectivity index (χ1n) is 9.24. The van der Waals surface area contributed by atoms with Crippen molar-refractivity contribution in [1.82, 2.24) is 9.97 Å². The molecule has 0 aliphatic heterocycles. The lowest BCUT2D eigenvalue weighted by molar-refractivity contribution is 0.288. The highest BCUT2D eigenvalue weighted by Crippen LogP contribution is 2.38. The molecule has 0 spiro atoms. The Balaban J connectivity index is 1.74. The second-order valence-corrected chi connectivity index (χ2v) is 6.93. The third kappa shape index (κ3) is 3.64. The summed E-state index contributed by atoms with van der Waals surface area (Å²) in [4.78, 5) is 9.90. The van der Waals surface area contributed by atoms with E-state index in [1.165, 1.54) is 0 Å². The van der Waals surface area contributed by atoms with Crippen molar-refractivity contribution in [1.29, 1.82) is 0 Å². The normalized spacial score (nSPS) is 10.8. The monoisotopic (exact) mass is 391 g/mol. The van der Waals surface area contributed by atoms with E-state index in [9.17, 15) is 0 Å². The number of aromatic nitrogens is 2. The largest absolute Gasteiger partial charge is 0.490 e. The van der Waals surface area contributed by atoms with E-state index >= 15 is 0 Å². The van der Waals surface area contributed by atoms with Crippen molar-refractivity contribution in [3.8, 4) is 22.6 Å². The van der Waals surface area contributed by atoms with Gasteiger partial charge in [-0.15, -0.1) is 11.3 Å². The van der Waals surface area contributed by atoms with Crippen molar-refractivity contribution in [2.24, 2.45) is 0 Å². The number of rotatable bonds is 7. The molecule has 0 atom stereocenters. The molecule has 2 heterocycles. The van der Waals surface area contributed by atoms with E-state index in [1.54, 1.807) is 17.7 Å². The molecule has 4 rings (SSSR count). The molecule has 0 saturated carbocycles. The topological polar surface area (TPSA) is 56.3 Å². The fraction of sp³-hybridized carbons (Fsp3) is 0.182. The summed E-state index contributed by atoms with van der Waals surface area (Å²) in [6.07, 6.45) is 1.59. The SMILES string of the molecule is CCOc1ccc(Nc2ncnc3scc(-c4ccccc4)c23)cc1OCC. The van der Waals surface area contributed by atoms with E-state index < -0.39 is 0 Å². The van der Waals surface area contributed by atoms with Gasteiger partial charge in [0.2, 0.25) is 0 Å². The minimum absolute atomic E-state index is 0.573. The number of thiophene rings is 1. The maximum atomic E-state index is 5.74. The van der Waals surface area contributed by atoms with Crippen molar-refractivity contribution in [2.75, 3.05) is 18.5 Å². The van der Waals surface area contributed by atoms with Crippen molar-refractivity contribution in [3.05, 3.63) is 60.2 Å². The molecule has 0 unspecified atom stereocenters. The van der Waals surface area contributed by atoms with Gasteiger partial charge in [0.25, 0.3) is 0 Å². The Kier molecular flexibility index (Phi) is 5.39. The highest BCUT2D eigenvalue weighted by atomic mass is 32.1. The zero-order valence-corrected chi connectivity index (χ0v) is 16.6. The molecule has 1 N–H and O–H groups in total. The van der Waals surface area contributed by atoms with Crippen LogP contribution >= 0.6 is 11.3 Å². The predicted octanol–water partition coefficient (Wildman–Crippen LogP) is 5.90. The van der Waals surface area contributed by atoms with Crippen LogP contribution in [0.15, 0.2) is 60.2 Å². The van der Waals surface area contributed by atoms with Crippen molar-refractivity contribution < 1.29 is 9.47 Å². The molecule has 0 bridgehead atoms. The van der Waals surface area contributed by atoms with Crippen molar-refractivity contribution in [2.45, 2.75) is 13.8 Å². The van der Waals surface area contributed by atoms with Crippen LogP contribution in [0.2, 0.25) is 0 Å². The van der Waals surface area contributed by atoms with Gasteiger partial charge >= 0.3 is 0 Å². The molecular weight excluding hydrogens is 370 g/mol. The average molecular weight is 391 g/mol. The number of anilines is 2. The quantitative estimate of drug-likeness (QED) is 0.425.